The number of nitrogens with two attached hydrogens (primary N) is 1. The molecule has 2 atom stereocenters. The van der Waals surface area contributed by atoms with Crippen LogP contribution in [0.1, 0.15) is 29.6 Å². The van der Waals surface area contributed by atoms with E-state index in [4.69, 9.17) is 10.5 Å². The van der Waals surface area contributed by atoms with Crippen molar-refractivity contribution in [3.63, 3.8) is 0 Å². The van der Waals surface area contributed by atoms with Crippen molar-refractivity contribution < 1.29 is 13.9 Å². The summed E-state index contributed by atoms with van der Waals surface area (Å²) in [5.74, 6) is -0.286. The van der Waals surface area contributed by atoms with Gasteiger partial charge in [-0.15, -0.1) is 0 Å². The zero-order valence-electron chi connectivity index (χ0n) is 11.0. The molecular formula is C14H19FN2O2. The molecule has 0 saturated heterocycles. The molecule has 1 aliphatic carbocycles. The van der Waals surface area contributed by atoms with Crippen LogP contribution >= 0.6 is 0 Å². The van der Waals surface area contributed by atoms with E-state index in [0.29, 0.717) is 18.0 Å². The van der Waals surface area contributed by atoms with Gasteiger partial charge in [-0.2, -0.15) is 0 Å². The molecule has 0 bridgehead atoms. The summed E-state index contributed by atoms with van der Waals surface area (Å²) in [6.45, 7) is 0.569. The largest absolute Gasteiger partial charge is 0.494 e. The molecule has 1 fully saturated rings. The van der Waals surface area contributed by atoms with E-state index in [1.54, 1.807) is 0 Å². The zero-order valence-corrected chi connectivity index (χ0v) is 11.0. The normalized spacial score (nSPS) is 22.3. The van der Waals surface area contributed by atoms with Crippen LogP contribution in [0.15, 0.2) is 18.2 Å². The van der Waals surface area contributed by atoms with Gasteiger partial charge >= 0.3 is 0 Å². The number of hydrogen-bond acceptors (Lipinski definition) is 3. The van der Waals surface area contributed by atoms with E-state index in [1.807, 2.05) is 0 Å². The summed E-state index contributed by atoms with van der Waals surface area (Å²) in [4.78, 5) is 12.0. The minimum absolute atomic E-state index is 0.0743. The number of carbonyl (C=O) groups is 1. The second kappa shape index (κ2) is 6.02. The van der Waals surface area contributed by atoms with Crippen LogP contribution in [0.5, 0.6) is 5.75 Å². The molecule has 1 saturated carbocycles. The van der Waals surface area contributed by atoms with Crippen LogP contribution in [-0.2, 0) is 0 Å². The van der Waals surface area contributed by atoms with E-state index < -0.39 is 5.82 Å². The molecule has 1 amide bonds. The zero-order chi connectivity index (χ0) is 13.8. The van der Waals surface area contributed by atoms with Gasteiger partial charge in [0.15, 0.2) is 11.6 Å². The lowest BCUT2D eigenvalue weighted by atomic mass is 10.0. The first-order chi connectivity index (χ1) is 9.11. The summed E-state index contributed by atoms with van der Waals surface area (Å²) < 4.78 is 18.1. The third kappa shape index (κ3) is 3.23. The maximum Gasteiger partial charge on any atom is 0.251 e. The monoisotopic (exact) mass is 266 g/mol. The quantitative estimate of drug-likeness (QED) is 0.871. The average Bonchev–Trinajstić information content (AvgIpc) is 2.82. The molecule has 0 aromatic heterocycles. The maximum atomic E-state index is 13.2. The summed E-state index contributed by atoms with van der Waals surface area (Å²) in [6.07, 6.45) is 3.19. The second-order valence-corrected chi connectivity index (χ2v) is 4.91. The van der Waals surface area contributed by atoms with Crippen LogP contribution in [0, 0.1) is 11.7 Å². The average molecular weight is 266 g/mol. The van der Waals surface area contributed by atoms with Crippen molar-refractivity contribution in [1.82, 2.24) is 5.32 Å². The fourth-order valence-corrected chi connectivity index (χ4v) is 2.45. The van der Waals surface area contributed by atoms with Gasteiger partial charge in [-0.1, -0.05) is 6.42 Å². The van der Waals surface area contributed by atoms with Gasteiger partial charge in [0, 0.05) is 18.2 Å². The lowest BCUT2D eigenvalue weighted by molar-refractivity contribution is 0.0946. The molecule has 0 aliphatic heterocycles. The summed E-state index contributed by atoms with van der Waals surface area (Å²) in [5.41, 5.74) is 6.34. The Morgan fingerprint density at radius 1 is 1.53 bits per heavy atom. The predicted molar refractivity (Wildman–Crippen MR) is 70.6 cm³/mol. The third-order valence-corrected chi connectivity index (χ3v) is 3.66. The number of nitrogens with one attached hydrogen (secondary N) is 1. The Bertz CT molecular complexity index is 465. The molecule has 2 unspecified atom stereocenters. The fraction of sp³-hybridized carbons (Fsp3) is 0.500. The van der Waals surface area contributed by atoms with Gasteiger partial charge in [0.05, 0.1) is 7.11 Å². The van der Waals surface area contributed by atoms with Crippen LogP contribution in [-0.4, -0.2) is 25.6 Å². The molecule has 0 radical (unpaired) electrons. The second-order valence-electron chi connectivity index (χ2n) is 4.91. The number of rotatable bonds is 4. The van der Waals surface area contributed by atoms with E-state index in [9.17, 15) is 9.18 Å². The number of halogens is 1. The van der Waals surface area contributed by atoms with Gasteiger partial charge in [0.25, 0.3) is 5.91 Å². The van der Waals surface area contributed by atoms with Crippen LogP contribution in [0.4, 0.5) is 4.39 Å². The first kappa shape index (κ1) is 13.8. The van der Waals surface area contributed by atoms with Crippen LogP contribution in [0.3, 0.4) is 0 Å². The van der Waals surface area contributed by atoms with Crippen molar-refractivity contribution in [1.29, 1.82) is 0 Å². The number of carbonyl (C=O) groups excluding carboxylic acids is 1. The molecule has 104 valence electrons. The SMILES string of the molecule is COc1cc(C(=O)NCC2CCCC2N)ccc1F. The minimum atomic E-state index is -0.475. The van der Waals surface area contributed by atoms with Gasteiger partial charge in [-0.25, -0.2) is 4.39 Å². The van der Waals surface area contributed by atoms with E-state index in [2.05, 4.69) is 5.32 Å². The van der Waals surface area contributed by atoms with E-state index >= 15 is 0 Å². The lowest BCUT2D eigenvalue weighted by Crippen LogP contribution is -2.36. The van der Waals surface area contributed by atoms with Crippen molar-refractivity contribution >= 4 is 5.91 Å². The van der Waals surface area contributed by atoms with Crippen molar-refractivity contribution in [2.24, 2.45) is 11.7 Å². The molecule has 19 heavy (non-hydrogen) atoms. The third-order valence-electron chi connectivity index (χ3n) is 3.66. The molecule has 1 aromatic rings. The van der Waals surface area contributed by atoms with Crippen LogP contribution < -0.4 is 15.8 Å². The van der Waals surface area contributed by atoms with Crippen molar-refractivity contribution in [3.8, 4) is 5.75 Å². The predicted octanol–water partition coefficient (Wildman–Crippen LogP) is 1.69. The van der Waals surface area contributed by atoms with E-state index in [-0.39, 0.29) is 17.7 Å². The Morgan fingerprint density at radius 3 is 2.95 bits per heavy atom. The molecule has 4 nitrogen and oxygen atoms in total. The number of benzene rings is 1. The van der Waals surface area contributed by atoms with Crippen LogP contribution in [0.2, 0.25) is 0 Å². The molecule has 1 aliphatic rings. The maximum absolute atomic E-state index is 13.2. The number of methoxy groups -OCH3 is 1. The Kier molecular flexibility index (Phi) is 4.37. The number of hydrogen-bond donors (Lipinski definition) is 2. The first-order valence-electron chi connectivity index (χ1n) is 6.49. The summed E-state index contributed by atoms with van der Waals surface area (Å²) >= 11 is 0. The standard InChI is InChI=1S/C14H19FN2O2/c1-19-13-7-9(5-6-11(13)15)14(18)17-8-10-3-2-4-12(10)16/h5-7,10,12H,2-4,8,16H2,1H3,(H,17,18). The van der Waals surface area contributed by atoms with Crippen LogP contribution in [0.25, 0.3) is 0 Å². The van der Waals surface area contributed by atoms with Gasteiger partial charge in [-0.3, -0.25) is 4.79 Å². The molecule has 1 aromatic carbocycles. The van der Waals surface area contributed by atoms with Crippen molar-refractivity contribution in [2.75, 3.05) is 13.7 Å². The van der Waals surface area contributed by atoms with Gasteiger partial charge in [0.2, 0.25) is 0 Å². The summed E-state index contributed by atoms with van der Waals surface area (Å²) in [6, 6.07) is 4.25. The highest BCUT2D eigenvalue weighted by molar-refractivity contribution is 5.94. The Hall–Kier alpha value is -1.62. The molecule has 2 rings (SSSR count). The first-order valence-corrected chi connectivity index (χ1v) is 6.49. The summed E-state index contributed by atoms with van der Waals surface area (Å²) in [7, 11) is 1.37. The highest BCUT2D eigenvalue weighted by Gasteiger charge is 2.24. The highest BCUT2D eigenvalue weighted by atomic mass is 19.1. The van der Waals surface area contributed by atoms with Crippen molar-refractivity contribution in [3.05, 3.63) is 29.6 Å². The van der Waals surface area contributed by atoms with Crippen molar-refractivity contribution in [2.45, 2.75) is 25.3 Å². The number of amides is 1. The summed E-state index contributed by atoms with van der Waals surface area (Å²) in [5, 5.41) is 2.85. The number of ether oxygens (including phenoxy) is 1. The minimum Gasteiger partial charge on any atom is -0.494 e. The molecule has 0 heterocycles. The van der Waals surface area contributed by atoms with E-state index in [1.165, 1.54) is 25.3 Å². The smallest absolute Gasteiger partial charge is 0.251 e. The topological polar surface area (TPSA) is 64.3 Å². The Labute approximate surface area is 112 Å². The fourth-order valence-electron chi connectivity index (χ4n) is 2.45. The van der Waals surface area contributed by atoms with E-state index in [0.717, 1.165) is 19.3 Å². The molecular weight excluding hydrogens is 247 g/mol. The molecule has 0 spiro atoms. The van der Waals surface area contributed by atoms with Gasteiger partial charge < -0.3 is 15.8 Å². The molecule has 5 heteroatoms. The molecule has 3 N–H and O–H groups in total. The Balaban J connectivity index is 1.96. The Morgan fingerprint density at radius 2 is 2.32 bits per heavy atom. The van der Waals surface area contributed by atoms with Gasteiger partial charge in [0.1, 0.15) is 0 Å². The lowest BCUT2D eigenvalue weighted by Gasteiger charge is -2.16. The highest BCUT2D eigenvalue weighted by Crippen LogP contribution is 2.23. The van der Waals surface area contributed by atoms with Gasteiger partial charge in [-0.05, 0) is 37.0 Å².